The Morgan fingerprint density at radius 1 is 1.47 bits per heavy atom. The minimum absolute atomic E-state index is 0.113. The van der Waals surface area contributed by atoms with Crippen LogP contribution in [0, 0.1) is 0 Å². The monoisotopic (exact) mass is 258 g/mol. The van der Waals surface area contributed by atoms with Gasteiger partial charge in [0.1, 0.15) is 0 Å². The summed E-state index contributed by atoms with van der Waals surface area (Å²) in [5.41, 5.74) is 0.0213. The molecule has 0 fully saturated rings. The zero-order valence-electron chi connectivity index (χ0n) is 11.0. The summed E-state index contributed by atoms with van der Waals surface area (Å²) in [5.74, 6) is 0.908. The summed E-state index contributed by atoms with van der Waals surface area (Å²) >= 11 is 1.61. The molecule has 0 atom stereocenters. The Kier molecular flexibility index (Phi) is 5.27. The summed E-state index contributed by atoms with van der Waals surface area (Å²) in [6, 6.07) is 0. The lowest BCUT2D eigenvalue weighted by Gasteiger charge is -2.20. The van der Waals surface area contributed by atoms with E-state index >= 15 is 0 Å². The lowest BCUT2D eigenvalue weighted by Crippen LogP contribution is -2.37. The van der Waals surface area contributed by atoms with Crippen LogP contribution in [-0.4, -0.2) is 32.6 Å². The van der Waals surface area contributed by atoms with Crippen LogP contribution in [0.2, 0.25) is 0 Å². The average molecular weight is 258 g/mol. The fourth-order valence-electron chi connectivity index (χ4n) is 1.40. The number of nitrogens with zero attached hydrogens (tertiary/aromatic N) is 2. The third-order valence-electron chi connectivity index (χ3n) is 2.16. The topological polar surface area (TPSA) is 62.7 Å². The fraction of sp³-hybridized carbons (Fsp3) is 0.818. The van der Waals surface area contributed by atoms with Crippen LogP contribution in [0.4, 0.5) is 0 Å². The smallest absolute Gasteiger partial charge is 0.311 e. The zero-order valence-corrected chi connectivity index (χ0v) is 11.9. The number of H-pyrrole nitrogens is 1. The van der Waals surface area contributed by atoms with Crippen LogP contribution in [-0.2, 0) is 6.54 Å². The summed E-state index contributed by atoms with van der Waals surface area (Å²) in [6.07, 6.45) is 0.938. The third-order valence-corrected chi connectivity index (χ3v) is 3.14. The number of aromatic amines is 1. The summed E-state index contributed by atoms with van der Waals surface area (Å²) in [5, 5.41) is 10.7. The normalized spacial score (nSPS) is 12.0. The molecule has 0 aliphatic heterocycles. The molecule has 17 heavy (non-hydrogen) atoms. The van der Waals surface area contributed by atoms with Crippen LogP contribution in [0.5, 0.6) is 0 Å². The molecule has 0 aliphatic rings. The predicted octanol–water partition coefficient (Wildman–Crippen LogP) is 1.46. The van der Waals surface area contributed by atoms with Crippen molar-refractivity contribution in [1.82, 2.24) is 20.1 Å². The molecule has 5 nitrogen and oxygen atoms in total. The maximum atomic E-state index is 11.4. The second-order valence-corrected chi connectivity index (χ2v) is 6.05. The van der Waals surface area contributed by atoms with E-state index < -0.39 is 0 Å². The van der Waals surface area contributed by atoms with E-state index in [0.29, 0.717) is 0 Å². The van der Waals surface area contributed by atoms with Crippen LogP contribution in [0.3, 0.4) is 0 Å². The fourth-order valence-corrected chi connectivity index (χ4v) is 2.23. The Hall–Kier alpha value is -0.750. The van der Waals surface area contributed by atoms with Gasteiger partial charge in [-0.3, -0.25) is 4.57 Å². The van der Waals surface area contributed by atoms with E-state index in [0.717, 1.165) is 30.4 Å². The number of rotatable bonds is 6. The van der Waals surface area contributed by atoms with E-state index in [1.54, 1.807) is 16.3 Å². The first kappa shape index (κ1) is 14.3. The van der Waals surface area contributed by atoms with Crippen molar-refractivity contribution in [3.63, 3.8) is 0 Å². The number of nitrogens with one attached hydrogen (secondary N) is 2. The van der Waals surface area contributed by atoms with Gasteiger partial charge in [-0.15, -0.1) is 5.10 Å². The first-order chi connectivity index (χ1) is 7.94. The molecule has 0 unspecified atom stereocenters. The molecule has 2 N–H and O–H groups in total. The quantitative estimate of drug-likeness (QED) is 0.599. The van der Waals surface area contributed by atoms with E-state index in [1.165, 1.54) is 0 Å². The molecule has 0 bridgehead atoms. The average Bonchev–Trinajstić information content (AvgIpc) is 2.55. The molecule has 0 saturated carbocycles. The van der Waals surface area contributed by atoms with Crippen molar-refractivity contribution in [3.05, 3.63) is 10.5 Å². The molecule has 98 valence electrons. The van der Waals surface area contributed by atoms with Gasteiger partial charge < -0.3 is 5.32 Å². The molecule has 1 heterocycles. The van der Waals surface area contributed by atoms with E-state index in [4.69, 9.17) is 0 Å². The van der Waals surface area contributed by atoms with Crippen molar-refractivity contribution in [2.75, 3.05) is 12.3 Å². The van der Waals surface area contributed by atoms with Gasteiger partial charge in [-0.05, 0) is 27.2 Å². The van der Waals surface area contributed by atoms with Crippen LogP contribution >= 0.6 is 11.8 Å². The van der Waals surface area contributed by atoms with Gasteiger partial charge in [0, 0.05) is 24.4 Å². The van der Waals surface area contributed by atoms with Crippen molar-refractivity contribution in [2.24, 2.45) is 0 Å². The molecular formula is C11H22N4OS. The van der Waals surface area contributed by atoms with Gasteiger partial charge in [-0.25, -0.2) is 9.89 Å². The van der Waals surface area contributed by atoms with Crippen LogP contribution in [0.15, 0.2) is 9.95 Å². The van der Waals surface area contributed by atoms with Crippen molar-refractivity contribution in [3.8, 4) is 0 Å². The highest BCUT2D eigenvalue weighted by atomic mass is 32.2. The highest BCUT2D eigenvalue weighted by Gasteiger charge is 2.10. The van der Waals surface area contributed by atoms with Crippen molar-refractivity contribution >= 4 is 11.8 Å². The van der Waals surface area contributed by atoms with Crippen molar-refractivity contribution < 1.29 is 0 Å². The van der Waals surface area contributed by atoms with E-state index in [2.05, 4.69) is 43.2 Å². The summed E-state index contributed by atoms with van der Waals surface area (Å²) in [4.78, 5) is 11.4. The molecule has 1 rings (SSSR count). The third kappa shape index (κ3) is 4.95. The largest absolute Gasteiger partial charge is 0.343 e. The van der Waals surface area contributed by atoms with E-state index in [9.17, 15) is 4.79 Å². The lowest BCUT2D eigenvalue weighted by atomic mass is 10.1. The maximum absolute atomic E-state index is 11.4. The van der Waals surface area contributed by atoms with Crippen LogP contribution < -0.4 is 11.0 Å². The Morgan fingerprint density at radius 2 is 2.18 bits per heavy atom. The molecule has 6 heteroatoms. The highest BCUT2D eigenvalue weighted by molar-refractivity contribution is 7.99. The van der Waals surface area contributed by atoms with Crippen LogP contribution in [0.1, 0.15) is 34.1 Å². The number of hydrogen-bond donors (Lipinski definition) is 2. The standard InChI is InChI=1S/C11H22N4OS/c1-5-7-15-9(16)13-14-10(15)17-8-6-12-11(2,3)4/h12H,5-8H2,1-4H3,(H,13,16). The molecule has 0 aromatic carbocycles. The Balaban J connectivity index is 2.44. The van der Waals surface area contributed by atoms with Gasteiger partial charge >= 0.3 is 5.69 Å². The Morgan fingerprint density at radius 3 is 2.76 bits per heavy atom. The maximum Gasteiger partial charge on any atom is 0.343 e. The second-order valence-electron chi connectivity index (χ2n) is 4.99. The first-order valence-electron chi connectivity index (χ1n) is 5.97. The molecule has 1 aromatic heterocycles. The molecule has 0 saturated heterocycles. The Bertz CT molecular complexity index is 391. The molecule has 0 radical (unpaired) electrons. The van der Waals surface area contributed by atoms with E-state index in [-0.39, 0.29) is 11.2 Å². The number of hydrogen-bond acceptors (Lipinski definition) is 4. The molecule has 0 spiro atoms. The van der Waals surface area contributed by atoms with Gasteiger partial charge in [0.2, 0.25) is 0 Å². The molecule has 0 aliphatic carbocycles. The zero-order chi connectivity index (χ0) is 12.9. The highest BCUT2D eigenvalue weighted by Crippen LogP contribution is 2.12. The molecule has 0 amide bonds. The molecule has 1 aromatic rings. The van der Waals surface area contributed by atoms with Gasteiger partial charge in [-0.1, -0.05) is 18.7 Å². The van der Waals surface area contributed by atoms with Gasteiger partial charge in [0.05, 0.1) is 0 Å². The van der Waals surface area contributed by atoms with E-state index in [1.807, 2.05) is 0 Å². The molecular weight excluding hydrogens is 236 g/mol. The summed E-state index contributed by atoms with van der Waals surface area (Å²) in [7, 11) is 0. The SMILES string of the molecule is CCCn1c(SCCNC(C)(C)C)n[nH]c1=O. The van der Waals surface area contributed by atoms with Gasteiger partial charge in [0.25, 0.3) is 0 Å². The van der Waals surface area contributed by atoms with Gasteiger partial charge in [-0.2, -0.15) is 0 Å². The second kappa shape index (κ2) is 6.26. The number of aromatic nitrogens is 3. The summed E-state index contributed by atoms with van der Waals surface area (Å²) in [6.45, 7) is 10.1. The lowest BCUT2D eigenvalue weighted by molar-refractivity contribution is 0.441. The minimum atomic E-state index is -0.113. The van der Waals surface area contributed by atoms with Crippen molar-refractivity contribution in [1.29, 1.82) is 0 Å². The Labute approximate surface area is 106 Å². The minimum Gasteiger partial charge on any atom is -0.311 e. The number of thioether (sulfide) groups is 1. The van der Waals surface area contributed by atoms with Gasteiger partial charge in [0.15, 0.2) is 5.16 Å². The van der Waals surface area contributed by atoms with Crippen LogP contribution in [0.25, 0.3) is 0 Å². The predicted molar refractivity (Wildman–Crippen MR) is 71.6 cm³/mol. The first-order valence-corrected chi connectivity index (χ1v) is 6.95. The summed E-state index contributed by atoms with van der Waals surface area (Å²) < 4.78 is 1.70. The van der Waals surface area contributed by atoms with Crippen molar-refractivity contribution in [2.45, 2.75) is 51.4 Å².